The predicted octanol–water partition coefficient (Wildman–Crippen LogP) is 5.80. The number of aryl methyl sites for hydroxylation is 1. The van der Waals surface area contributed by atoms with Crippen LogP contribution < -0.4 is 5.32 Å². The maximum absolute atomic E-state index is 11.4. The van der Waals surface area contributed by atoms with E-state index in [1.165, 1.54) is 0 Å². The van der Waals surface area contributed by atoms with Gasteiger partial charge in [0.1, 0.15) is 5.82 Å². The fourth-order valence-corrected chi connectivity index (χ4v) is 3.64. The van der Waals surface area contributed by atoms with Crippen LogP contribution in [0.15, 0.2) is 54.6 Å². The van der Waals surface area contributed by atoms with E-state index in [0.29, 0.717) is 23.1 Å². The molecular weight excluding hydrogens is 405 g/mol. The number of carbonyl (C=O) groups is 1. The Kier molecular flexibility index (Phi) is 7.73. The first-order chi connectivity index (χ1) is 14.1. The standard InChI is InChI=1S/C23H25Cl2N3O/c1-2-8-23(29)26-14-7-3-4-11-22-27-20-9-5-6-10-21(20)28(22)16-17-12-13-18(24)19(25)15-17/h2,5-6,8-10,12-13,15H,3-4,7,11,14,16H2,1H3,(H,26,29)/b8-2+. The second kappa shape index (κ2) is 10.5. The van der Waals surface area contributed by atoms with Crippen molar-refractivity contribution in [1.82, 2.24) is 14.9 Å². The molecule has 0 aliphatic heterocycles. The van der Waals surface area contributed by atoms with Gasteiger partial charge in [-0.3, -0.25) is 4.79 Å². The summed E-state index contributed by atoms with van der Waals surface area (Å²) in [5, 5.41) is 4.02. The van der Waals surface area contributed by atoms with E-state index in [2.05, 4.69) is 16.0 Å². The third kappa shape index (κ3) is 5.84. The highest BCUT2D eigenvalue weighted by Crippen LogP contribution is 2.25. The number of fused-ring (bicyclic) bond motifs is 1. The Balaban J connectivity index is 1.65. The van der Waals surface area contributed by atoms with Crippen LogP contribution in [-0.4, -0.2) is 22.0 Å². The van der Waals surface area contributed by atoms with E-state index >= 15 is 0 Å². The fourth-order valence-electron chi connectivity index (χ4n) is 3.32. The van der Waals surface area contributed by atoms with Crippen LogP contribution in [0.1, 0.15) is 37.6 Å². The van der Waals surface area contributed by atoms with Gasteiger partial charge in [0, 0.05) is 19.5 Å². The van der Waals surface area contributed by atoms with Crippen molar-refractivity contribution in [1.29, 1.82) is 0 Å². The van der Waals surface area contributed by atoms with Gasteiger partial charge in [0.05, 0.1) is 21.1 Å². The van der Waals surface area contributed by atoms with Crippen LogP contribution in [0.5, 0.6) is 0 Å². The van der Waals surface area contributed by atoms with E-state index in [-0.39, 0.29) is 5.91 Å². The molecule has 29 heavy (non-hydrogen) atoms. The molecule has 0 unspecified atom stereocenters. The van der Waals surface area contributed by atoms with Gasteiger partial charge in [-0.2, -0.15) is 0 Å². The lowest BCUT2D eigenvalue weighted by atomic mass is 10.1. The van der Waals surface area contributed by atoms with Crippen LogP contribution in [0.2, 0.25) is 10.0 Å². The highest BCUT2D eigenvalue weighted by atomic mass is 35.5. The molecule has 1 amide bonds. The summed E-state index contributed by atoms with van der Waals surface area (Å²) in [6, 6.07) is 13.9. The van der Waals surface area contributed by atoms with Gasteiger partial charge in [-0.15, -0.1) is 0 Å². The summed E-state index contributed by atoms with van der Waals surface area (Å²) in [6.07, 6.45) is 7.18. The molecule has 0 aliphatic carbocycles. The number of unbranched alkanes of at least 4 members (excludes halogenated alkanes) is 2. The molecule has 0 spiro atoms. The average Bonchev–Trinajstić information content (AvgIpc) is 3.05. The Morgan fingerprint density at radius 2 is 1.93 bits per heavy atom. The molecule has 2 aromatic carbocycles. The minimum atomic E-state index is -0.0316. The molecule has 0 atom stereocenters. The van der Waals surface area contributed by atoms with Crippen LogP contribution in [0, 0.1) is 0 Å². The maximum Gasteiger partial charge on any atom is 0.243 e. The lowest BCUT2D eigenvalue weighted by molar-refractivity contribution is -0.116. The largest absolute Gasteiger partial charge is 0.353 e. The second-order valence-corrected chi connectivity index (χ2v) is 7.77. The van der Waals surface area contributed by atoms with E-state index in [1.807, 2.05) is 43.3 Å². The summed E-state index contributed by atoms with van der Waals surface area (Å²) in [7, 11) is 0. The molecule has 4 nitrogen and oxygen atoms in total. The Hall–Kier alpha value is -2.30. The zero-order chi connectivity index (χ0) is 20.6. The van der Waals surface area contributed by atoms with E-state index in [4.69, 9.17) is 28.2 Å². The van der Waals surface area contributed by atoms with Gasteiger partial charge >= 0.3 is 0 Å². The molecule has 0 saturated carbocycles. The van der Waals surface area contributed by atoms with Crippen molar-refractivity contribution in [2.45, 2.75) is 39.2 Å². The van der Waals surface area contributed by atoms with Crippen LogP contribution in [0.3, 0.4) is 0 Å². The number of aromatic nitrogens is 2. The molecule has 3 aromatic rings. The SMILES string of the molecule is C/C=C/C(=O)NCCCCCc1nc2ccccc2n1Cc1ccc(Cl)c(Cl)c1. The van der Waals surface area contributed by atoms with Crippen molar-refractivity contribution in [2.24, 2.45) is 0 Å². The van der Waals surface area contributed by atoms with Crippen molar-refractivity contribution >= 4 is 40.1 Å². The average molecular weight is 430 g/mol. The first kappa shape index (κ1) is 21.4. The number of nitrogens with zero attached hydrogens (tertiary/aromatic N) is 2. The van der Waals surface area contributed by atoms with E-state index in [1.54, 1.807) is 12.2 Å². The Morgan fingerprint density at radius 3 is 2.72 bits per heavy atom. The van der Waals surface area contributed by atoms with Gasteiger partial charge < -0.3 is 9.88 Å². The topological polar surface area (TPSA) is 46.9 Å². The first-order valence-electron chi connectivity index (χ1n) is 9.87. The molecule has 0 aliphatic rings. The van der Waals surface area contributed by atoms with Gasteiger partial charge in [0.25, 0.3) is 0 Å². The van der Waals surface area contributed by atoms with Crippen molar-refractivity contribution in [3.8, 4) is 0 Å². The monoisotopic (exact) mass is 429 g/mol. The lowest BCUT2D eigenvalue weighted by Gasteiger charge is -2.10. The third-order valence-corrected chi connectivity index (χ3v) is 5.49. The minimum Gasteiger partial charge on any atom is -0.353 e. The van der Waals surface area contributed by atoms with E-state index < -0.39 is 0 Å². The van der Waals surface area contributed by atoms with Gasteiger partial charge in [-0.05, 0) is 55.7 Å². The predicted molar refractivity (Wildman–Crippen MR) is 121 cm³/mol. The van der Waals surface area contributed by atoms with Crippen LogP contribution in [0.25, 0.3) is 11.0 Å². The Morgan fingerprint density at radius 1 is 1.10 bits per heavy atom. The minimum absolute atomic E-state index is 0.0316. The smallest absolute Gasteiger partial charge is 0.243 e. The number of nitrogens with one attached hydrogen (secondary N) is 1. The van der Waals surface area contributed by atoms with Gasteiger partial charge in [0.15, 0.2) is 0 Å². The number of benzene rings is 2. The number of para-hydroxylation sites is 2. The number of carbonyl (C=O) groups excluding carboxylic acids is 1. The zero-order valence-electron chi connectivity index (χ0n) is 16.5. The number of hydrogen-bond donors (Lipinski definition) is 1. The third-order valence-electron chi connectivity index (χ3n) is 4.75. The maximum atomic E-state index is 11.4. The second-order valence-electron chi connectivity index (χ2n) is 6.95. The zero-order valence-corrected chi connectivity index (χ0v) is 18.0. The van der Waals surface area contributed by atoms with E-state index in [9.17, 15) is 4.79 Å². The summed E-state index contributed by atoms with van der Waals surface area (Å²) in [6.45, 7) is 3.23. The fraction of sp³-hybridized carbons (Fsp3) is 0.304. The summed E-state index contributed by atoms with van der Waals surface area (Å²) in [5.74, 6) is 1.03. The summed E-state index contributed by atoms with van der Waals surface area (Å²) >= 11 is 12.3. The molecule has 0 radical (unpaired) electrons. The number of hydrogen-bond acceptors (Lipinski definition) is 2. The molecule has 0 fully saturated rings. The molecule has 3 rings (SSSR count). The molecular formula is C23H25Cl2N3O. The molecule has 1 heterocycles. The van der Waals surface area contributed by atoms with Crippen LogP contribution in [-0.2, 0) is 17.8 Å². The molecule has 152 valence electrons. The number of imidazole rings is 1. The molecule has 1 N–H and O–H groups in total. The van der Waals surface area contributed by atoms with Gasteiger partial charge in [0.2, 0.25) is 5.91 Å². The summed E-state index contributed by atoms with van der Waals surface area (Å²) in [4.78, 5) is 16.3. The number of rotatable bonds is 9. The highest BCUT2D eigenvalue weighted by Gasteiger charge is 2.11. The lowest BCUT2D eigenvalue weighted by Crippen LogP contribution is -2.21. The van der Waals surface area contributed by atoms with Crippen molar-refractivity contribution in [2.75, 3.05) is 6.54 Å². The summed E-state index contributed by atoms with van der Waals surface area (Å²) in [5.41, 5.74) is 3.21. The Bertz CT molecular complexity index is 1010. The molecule has 0 saturated heterocycles. The van der Waals surface area contributed by atoms with Crippen LogP contribution >= 0.6 is 23.2 Å². The molecule has 1 aromatic heterocycles. The first-order valence-corrected chi connectivity index (χ1v) is 10.6. The molecule has 0 bridgehead atoms. The summed E-state index contributed by atoms with van der Waals surface area (Å²) < 4.78 is 2.25. The van der Waals surface area contributed by atoms with Crippen LogP contribution in [0.4, 0.5) is 0 Å². The van der Waals surface area contributed by atoms with Crippen molar-refractivity contribution in [3.63, 3.8) is 0 Å². The van der Waals surface area contributed by atoms with Gasteiger partial charge in [-0.1, -0.05) is 53.9 Å². The number of allylic oxidation sites excluding steroid dienone is 1. The number of halogens is 2. The number of amides is 1. The quantitative estimate of drug-likeness (QED) is 0.345. The highest BCUT2D eigenvalue weighted by molar-refractivity contribution is 6.42. The van der Waals surface area contributed by atoms with Crippen molar-refractivity contribution < 1.29 is 4.79 Å². The van der Waals surface area contributed by atoms with Crippen molar-refractivity contribution in [3.05, 3.63) is 76.0 Å². The molecule has 6 heteroatoms. The van der Waals surface area contributed by atoms with E-state index in [0.717, 1.165) is 48.1 Å². The Labute approximate surface area is 181 Å². The van der Waals surface area contributed by atoms with Gasteiger partial charge in [-0.25, -0.2) is 4.98 Å². The normalized spacial score (nSPS) is 11.4.